The van der Waals surface area contributed by atoms with Gasteiger partial charge in [0.05, 0.1) is 19.3 Å². The van der Waals surface area contributed by atoms with Crippen LogP contribution in [0.1, 0.15) is 29.4 Å². The molecule has 0 aliphatic heterocycles. The summed E-state index contributed by atoms with van der Waals surface area (Å²) in [7, 11) is 1.43. The third-order valence-corrected chi connectivity index (χ3v) is 2.10. The number of aryl methyl sites for hydroxylation is 1. The summed E-state index contributed by atoms with van der Waals surface area (Å²) in [4.78, 5) is 27.1. The van der Waals surface area contributed by atoms with Crippen molar-refractivity contribution in [2.75, 3.05) is 13.7 Å². The Morgan fingerprint density at radius 2 is 2.06 bits per heavy atom. The van der Waals surface area contributed by atoms with Crippen LogP contribution < -0.4 is 4.74 Å². The van der Waals surface area contributed by atoms with Gasteiger partial charge in [-0.2, -0.15) is 0 Å². The first-order valence-electron chi connectivity index (χ1n) is 5.29. The van der Waals surface area contributed by atoms with E-state index in [9.17, 15) is 9.59 Å². The molecule has 0 radical (unpaired) electrons. The number of carbonyl (C=O) groups excluding carboxylic acids is 2. The van der Waals surface area contributed by atoms with Crippen LogP contribution in [-0.4, -0.2) is 30.5 Å². The van der Waals surface area contributed by atoms with E-state index in [1.165, 1.54) is 7.11 Å². The molecule has 17 heavy (non-hydrogen) atoms. The van der Waals surface area contributed by atoms with E-state index in [1.54, 1.807) is 26.0 Å². The van der Waals surface area contributed by atoms with Gasteiger partial charge in [0.1, 0.15) is 6.42 Å². The zero-order chi connectivity index (χ0) is 12.8. The van der Waals surface area contributed by atoms with Crippen LogP contribution in [0.15, 0.2) is 12.1 Å². The Kier molecular flexibility index (Phi) is 4.63. The van der Waals surface area contributed by atoms with Crippen LogP contribution in [0, 0.1) is 6.92 Å². The zero-order valence-electron chi connectivity index (χ0n) is 10.1. The fourth-order valence-corrected chi connectivity index (χ4v) is 1.34. The maximum Gasteiger partial charge on any atom is 0.313 e. The SMILES string of the molecule is CCOC(=O)CC(=O)c1ccc(C)nc1OC. The molecule has 1 rings (SSSR count). The van der Waals surface area contributed by atoms with Gasteiger partial charge in [-0.05, 0) is 26.0 Å². The van der Waals surface area contributed by atoms with Gasteiger partial charge in [0.2, 0.25) is 5.88 Å². The van der Waals surface area contributed by atoms with Crippen molar-refractivity contribution in [3.63, 3.8) is 0 Å². The number of ketones is 1. The quantitative estimate of drug-likeness (QED) is 0.441. The minimum atomic E-state index is -0.542. The van der Waals surface area contributed by atoms with Gasteiger partial charge in [0.25, 0.3) is 0 Å². The molecule has 0 saturated carbocycles. The third-order valence-electron chi connectivity index (χ3n) is 2.10. The number of rotatable bonds is 5. The molecular weight excluding hydrogens is 222 g/mol. The number of Topliss-reactive ketones (excluding diaryl/α,β-unsaturated/α-hetero) is 1. The molecule has 92 valence electrons. The summed E-state index contributed by atoms with van der Waals surface area (Å²) in [5, 5.41) is 0. The van der Waals surface area contributed by atoms with Crippen molar-refractivity contribution in [3.05, 3.63) is 23.4 Å². The standard InChI is InChI=1S/C12H15NO4/c1-4-17-11(15)7-10(14)9-6-5-8(2)13-12(9)16-3/h5-6H,4,7H2,1-3H3. The molecule has 1 aromatic rings. The summed E-state index contributed by atoms with van der Waals surface area (Å²) >= 11 is 0. The summed E-state index contributed by atoms with van der Waals surface area (Å²) in [6, 6.07) is 3.30. The first kappa shape index (κ1) is 13.2. The van der Waals surface area contributed by atoms with Gasteiger partial charge in [-0.25, -0.2) is 4.98 Å². The molecule has 0 bridgehead atoms. The summed E-state index contributed by atoms with van der Waals surface area (Å²) < 4.78 is 9.72. The minimum absolute atomic E-state index is 0.235. The molecule has 0 spiro atoms. The van der Waals surface area contributed by atoms with Crippen molar-refractivity contribution in [2.45, 2.75) is 20.3 Å². The van der Waals surface area contributed by atoms with E-state index in [4.69, 9.17) is 9.47 Å². The predicted molar refractivity (Wildman–Crippen MR) is 61.1 cm³/mol. The van der Waals surface area contributed by atoms with Gasteiger partial charge < -0.3 is 9.47 Å². The predicted octanol–water partition coefficient (Wildman–Crippen LogP) is 1.53. The van der Waals surface area contributed by atoms with Crippen LogP contribution in [0.5, 0.6) is 5.88 Å². The van der Waals surface area contributed by atoms with Crippen LogP contribution in [0.2, 0.25) is 0 Å². The first-order valence-corrected chi connectivity index (χ1v) is 5.29. The number of hydrogen-bond donors (Lipinski definition) is 0. The Labute approximate surface area is 99.8 Å². The first-order chi connectivity index (χ1) is 8.08. The monoisotopic (exact) mass is 237 g/mol. The number of carbonyl (C=O) groups is 2. The van der Waals surface area contributed by atoms with Crippen molar-refractivity contribution in [1.82, 2.24) is 4.98 Å². The molecule has 0 aromatic carbocycles. The molecule has 5 heteroatoms. The summed E-state index contributed by atoms with van der Waals surface area (Å²) in [5.74, 6) is -0.660. The molecule has 0 fully saturated rings. The Morgan fingerprint density at radius 1 is 1.35 bits per heavy atom. The van der Waals surface area contributed by atoms with Crippen molar-refractivity contribution in [3.8, 4) is 5.88 Å². The average Bonchev–Trinajstić information content (AvgIpc) is 2.28. The van der Waals surface area contributed by atoms with Crippen LogP contribution in [0.4, 0.5) is 0 Å². The fraction of sp³-hybridized carbons (Fsp3) is 0.417. The maximum absolute atomic E-state index is 11.8. The van der Waals surface area contributed by atoms with E-state index in [0.29, 0.717) is 5.56 Å². The van der Waals surface area contributed by atoms with Crippen LogP contribution in [0.25, 0.3) is 0 Å². The smallest absolute Gasteiger partial charge is 0.313 e. The summed E-state index contributed by atoms with van der Waals surface area (Å²) in [5.41, 5.74) is 1.04. The summed E-state index contributed by atoms with van der Waals surface area (Å²) in [6.07, 6.45) is -0.297. The third kappa shape index (κ3) is 3.55. The van der Waals surface area contributed by atoms with Crippen molar-refractivity contribution >= 4 is 11.8 Å². The molecular formula is C12H15NO4. The molecule has 0 unspecified atom stereocenters. The Hall–Kier alpha value is -1.91. The molecule has 0 atom stereocenters. The number of aromatic nitrogens is 1. The molecule has 0 saturated heterocycles. The zero-order valence-corrected chi connectivity index (χ0v) is 10.1. The van der Waals surface area contributed by atoms with Crippen molar-refractivity contribution in [1.29, 1.82) is 0 Å². The van der Waals surface area contributed by atoms with Gasteiger partial charge in [0.15, 0.2) is 5.78 Å². The van der Waals surface area contributed by atoms with Gasteiger partial charge in [0, 0.05) is 5.69 Å². The molecule has 1 aromatic heterocycles. The lowest BCUT2D eigenvalue weighted by Gasteiger charge is -2.07. The Morgan fingerprint density at radius 3 is 2.65 bits per heavy atom. The van der Waals surface area contributed by atoms with Crippen molar-refractivity contribution < 1.29 is 19.1 Å². The largest absolute Gasteiger partial charge is 0.480 e. The topological polar surface area (TPSA) is 65.5 Å². The lowest BCUT2D eigenvalue weighted by molar-refractivity contribution is -0.141. The molecule has 0 amide bonds. The van der Waals surface area contributed by atoms with E-state index < -0.39 is 5.97 Å². The molecule has 0 N–H and O–H groups in total. The molecule has 5 nitrogen and oxygen atoms in total. The molecule has 1 heterocycles. The number of hydrogen-bond acceptors (Lipinski definition) is 5. The number of pyridine rings is 1. The Bertz CT molecular complexity index is 429. The highest BCUT2D eigenvalue weighted by molar-refractivity contribution is 6.07. The molecule has 0 aliphatic carbocycles. The number of esters is 1. The highest BCUT2D eigenvalue weighted by Crippen LogP contribution is 2.17. The lowest BCUT2D eigenvalue weighted by atomic mass is 10.1. The normalized spacial score (nSPS) is 9.82. The van der Waals surface area contributed by atoms with Gasteiger partial charge in [-0.1, -0.05) is 0 Å². The van der Waals surface area contributed by atoms with Crippen LogP contribution in [0.3, 0.4) is 0 Å². The number of ether oxygens (including phenoxy) is 2. The Balaban J connectivity index is 2.85. The number of methoxy groups -OCH3 is 1. The second-order valence-corrected chi connectivity index (χ2v) is 3.41. The van der Waals surface area contributed by atoms with E-state index in [0.717, 1.165) is 5.69 Å². The van der Waals surface area contributed by atoms with Crippen LogP contribution >= 0.6 is 0 Å². The van der Waals surface area contributed by atoms with E-state index >= 15 is 0 Å². The fourth-order valence-electron chi connectivity index (χ4n) is 1.34. The maximum atomic E-state index is 11.8. The van der Waals surface area contributed by atoms with Crippen molar-refractivity contribution in [2.24, 2.45) is 0 Å². The lowest BCUT2D eigenvalue weighted by Crippen LogP contribution is -2.12. The number of nitrogens with zero attached hydrogens (tertiary/aromatic N) is 1. The molecule has 0 aliphatic rings. The van der Waals surface area contributed by atoms with E-state index in [-0.39, 0.29) is 24.7 Å². The second kappa shape index (κ2) is 5.98. The van der Waals surface area contributed by atoms with E-state index in [1.807, 2.05) is 0 Å². The van der Waals surface area contributed by atoms with Gasteiger partial charge in [-0.3, -0.25) is 9.59 Å². The van der Waals surface area contributed by atoms with E-state index in [2.05, 4.69) is 4.98 Å². The van der Waals surface area contributed by atoms with Crippen LogP contribution in [-0.2, 0) is 9.53 Å². The van der Waals surface area contributed by atoms with Gasteiger partial charge >= 0.3 is 5.97 Å². The van der Waals surface area contributed by atoms with Gasteiger partial charge in [-0.15, -0.1) is 0 Å². The highest BCUT2D eigenvalue weighted by Gasteiger charge is 2.17. The highest BCUT2D eigenvalue weighted by atomic mass is 16.5. The second-order valence-electron chi connectivity index (χ2n) is 3.41. The summed E-state index contributed by atoms with van der Waals surface area (Å²) in [6.45, 7) is 3.74. The minimum Gasteiger partial charge on any atom is -0.480 e. The average molecular weight is 237 g/mol.